The molecule has 4 amide bonds. The summed E-state index contributed by atoms with van der Waals surface area (Å²) in [6.45, 7) is 0.769. The van der Waals surface area contributed by atoms with Gasteiger partial charge in [0.1, 0.15) is 23.7 Å². The minimum Gasteiger partial charge on any atom is -0.508 e. The van der Waals surface area contributed by atoms with Crippen LogP contribution in [0.5, 0.6) is 11.5 Å². The first-order chi connectivity index (χ1) is 19.3. The van der Waals surface area contributed by atoms with Crippen LogP contribution in [-0.2, 0) is 29.1 Å². The van der Waals surface area contributed by atoms with Crippen molar-refractivity contribution in [1.82, 2.24) is 25.1 Å². The first-order valence-corrected chi connectivity index (χ1v) is 13.2. The lowest BCUT2D eigenvalue weighted by Gasteiger charge is -2.54. The normalized spacial score (nSPS) is 19.4. The van der Waals surface area contributed by atoms with Crippen LogP contribution in [0.25, 0.3) is 0 Å². The second kappa shape index (κ2) is 11.7. The second-order valence-electron chi connectivity index (χ2n) is 10.0. The van der Waals surface area contributed by atoms with Crippen LogP contribution >= 0.6 is 0 Å². The molecule has 0 saturated carbocycles. The van der Waals surface area contributed by atoms with E-state index in [1.54, 1.807) is 58.2 Å². The lowest BCUT2D eigenvalue weighted by Crippen LogP contribution is -2.76. The van der Waals surface area contributed by atoms with E-state index >= 15 is 0 Å². The van der Waals surface area contributed by atoms with Gasteiger partial charge in [0.25, 0.3) is 0 Å². The molecule has 2 atom stereocenters. The molecule has 0 unspecified atom stereocenters. The Morgan fingerprint density at radius 2 is 1.62 bits per heavy atom. The summed E-state index contributed by atoms with van der Waals surface area (Å²) in [6, 6.07) is 22.5. The van der Waals surface area contributed by atoms with E-state index in [-0.39, 0.29) is 43.1 Å². The van der Waals surface area contributed by atoms with Crippen molar-refractivity contribution in [3.05, 3.63) is 95.6 Å². The van der Waals surface area contributed by atoms with Crippen LogP contribution in [0, 0.1) is 0 Å². The van der Waals surface area contributed by atoms with Gasteiger partial charge in [-0.2, -0.15) is 0 Å². The molecule has 10 nitrogen and oxygen atoms in total. The average molecular weight is 544 g/mol. The maximum absolute atomic E-state index is 13.9. The van der Waals surface area contributed by atoms with Gasteiger partial charge >= 0.3 is 6.03 Å². The number of carbonyl (C=O) groups excluding carboxylic acids is 3. The molecule has 2 N–H and O–H groups in total. The van der Waals surface area contributed by atoms with E-state index in [0.29, 0.717) is 18.8 Å². The number of phenols is 1. The number of urea groups is 1. The Morgan fingerprint density at radius 3 is 2.30 bits per heavy atom. The molecule has 0 aromatic heterocycles. The van der Waals surface area contributed by atoms with Crippen LogP contribution < -0.4 is 10.1 Å². The summed E-state index contributed by atoms with van der Waals surface area (Å²) < 4.78 is 5.26. The summed E-state index contributed by atoms with van der Waals surface area (Å²) in [4.78, 5) is 44.2. The SMILES string of the molecule is COc1ccc(CN2C[C@H]3N(C(=O)CN(C)N3C(=O)NCc3ccccc3)[C@@H](Cc3ccc(O)cc3)C2=O)cc1. The highest BCUT2D eigenvalue weighted by molar-refractivity contribution is 5.91. The van der Waals surface area contributed by atoms with Crippen LogP contribution in [0.15, 0.2) is 78.9 Å². The van der Waals surface area contributed by atoms with E-state index in [4.69, 9.17) is 4.74 Å². The molecule has 10 heteroatoms. The highest BCUT2D eigenvalue weighted by atomic mass is 16.5. The van der Waals surface area contributed by atoms with E-state index in [1.165, 1.54) is 0 Å². The summed E-state index contributed by atoms with van der Waals surface area (Å²) in [5.41, 5.74) is 2.66. The van der Waals surface area contributed by atoms with E-state index in [1.807, 2.05) is 54.6 Å². The van der Waals surface area contributed by atoms with Crippen LogP contribution in [0.4, 0.5) is 4.79 Å². The lowest BCUT2D eigenvalue weighted by molar-refractivity contribution is -0.187. The number of hydrazine groups is 1. The lowest BCUT2D eigenvalue weighted by atomic mass is 9.98. The molecule has 0 bridgehead atoms. The number of methoxy groups -OCH3 is 1. The van der Waals surface area contributed by atoms with Crippen LogP contribution in [0.2, 0.25) is 0 Å². The van der Waals surface area contributed by atoms with E-state index in [9.17, 15) is 19.5 Å². The molecule has 5 rings (SSSR count). The monoisotopic (exact) mass is 543 g/mol. The minimum absolute atomic E-state index is 0.0346. The van der Waals surface area contributed by atoms with E-state index in [0.717, 1.165) is 16.7 Å². The number of amides is 4. The third-order valence-electron chi connectivity index (χ3n) is 7.33. The zero-order valence-corrected chi connectivity index (χ0v) is 22.6. The van der Waals surface area contributed by atoms with Crippen LogP contribution in [0.3, 0.4) is 0 Å². The molecule has 2 aliphatic rings. The number of nitrogens with zero attached hydrogens (tertiary/aromatic N) is 4. The topological polar surface area (TPSA) is 106 Å². The van der Waals surface area contributed by atoms with Crippen LogP contribution in [0.1, 0.15) is 16.7 Å². The number of piperazine rings is 1. The van der Waals surface area contributed by atoms with Gasteiger partial charge in [0, 0.05) is 26.6 Å². The van der Waals surface area contributed by atoms with Crippen molar-refractivity contribution in [3.63, 3.8) is 0 Å². The van der Waals surface area contributed by atoms with Crippen molar-refractivity contribution >= 4 is 17.8 Å². The Labute approximate surface area is 233 Å². The molecule has 0 aliphatic carbocycles. The third-order valence-corrected chi connectivity index (χ3v) is 7.33. The highest BCUT2D eigenvalue weighted by Gasteiger charge is 2.50. The molecular weight excluding hydrogens is 510 g/mol. The van der Waals surface area contributed by atoms with Gasteiger partial charge in [-0.1, -0.05) is 54.6 Å². The van der Waals surface area contributed by atoms with Crippen molar-refractivity contribution in [2.75, 3.05) is 27.2 Å². The van der Waals surface area contributed by atoms with Crippen molar-refractivity contribution < 1.29 is 24.2 Å². The fraction of sp³-hybridized carbons (Fsp3) is 0.300. The quantitative estimate of drug-likeness (QED) is 0.475. The second-order valence-corrected chi connectivity index (χ2v) is 10.0. The minimum atomic E-state index is -0.813. The highest BCUT2D eigenvalue weighted by Crippen LogP contribution is 2.29. The number of carbonyl (C=O) groups is 3. The fourth-order valence-corrected chi connectivity index (χ4v) is 5.31. The zero-order chi connectivity index (χ0) is 28.2. The Balaban J connectivity index is 1.45. The third kappa shape index (κ3) is 5.72. The number of likely N-dealkylation sites (N-methyl/N-ethyl adjacent to an activating group) is 1. The number of aromatic hydroxyl groups is 1. The predicted octanol–water partition coefficient (Wildman–Crippen LogP) is 2.58. The van der Waals surface area contributed by atoms with Gasteiger partial charge in [0.05, 0.1) is 20.2 Å². The van der Waals surface area contributed by atoms with Crippen LogP contribution in [-0.4, -0.2) is 82.2 Å². The van der Waals surface area contributed by atoms with Gasteiger partial charge in [-0.25, -0.2) is 14.8 Å². The van der Waals surface area contributed by atoms with Gasteiger partial charge in [-0.3, -0.25) is 9.59 Å². The summed E-state index contributed by atoms with van der Waals surface area (Å²) in [7, 11) is 3.30. The molecule has 2 aliphatic heterocycles. The maximum atomic E-state index is 13.9. The molecule has 208 valence electrons. The van der Waals surface area contributed by atoms with Gasteiger partial charge in [-0.15, -0.1) is 0 Å². The Bertz CT molecular complexity index is 1350. The number of ether oxygens (including phenoxy) is 1. The zero-order valence-electron chi connectivity index (χ0n) is 22.6. The summed E-state index contributed by atoms with van der Waals surface area (Å²) >= 11 is 0. The smallest absolute Gasteiger partial charge is 0.334 e. The molecule has 0 radical (unpaired) electrons. The largest absolute Gasteiger partial charge is 0.508 e. The van der Waals surface area contributed by atoms with Gasteiger partial charge in [0.15, 0.2) is 0 Å². The Kier molecular flexibility index (Phi) is 7.88. The molecule has 2 saturated heterocycles. The molecule has 40 heavy (non-hydrogen) atoms. The van der Waals surface area contributed by atoms with Gasteiger partial charge in [0.2, 0.25) is 11.8 Å². The number of hydrogen-bond acceptors (Lipinski definition) is 6. The fourth-order valence-electron chi connectivity index (χ4n) is 5.31. The van der Waals surface area contributed by atoms with Gasteiger partial charge in [-0.05, 0) is 41.0 Å². The Hall–Kier alpha value is -4.57. The number of nitrogens with one attached hydrogen (secondary N) is 1. The van der Waals surface area contributed by atoms with Crippen molar-refractivity contribution in [2.24, 2.45) is 0 Å². The number of phenolic OH excluding ortho intramolecular Hbond substituents is 1. The first kappa shape index (κ1) is 27.0. The first-order valence-electron chi connectivity index (χ1n) is 13.2. The van der Waals surface area contributed by atoms with Crippen molar-refractivity contribution in [3.8, 4) is 11.5 Å². The predicted molar refractivity (Wildman–Crippen MR) is 148 cm³/mol. The van der Waals surface area contributed by atoms with Gasteiger partial charge < -0.3 is 25.0 Å². The summed E-state index contributed by atoms with van der Waals surface area (Å²) in [5, 5.41) is 15.9. The summed E-state index contributed by atoms with van der Waals surface area (Å²) in [5.74, 6) is 0.420. The molecular formula is C30H33N5O5. The maximum Gasteiger partial charge on any atom is 0.334 e. The van der Waals surface area contributed by atoms with E-state index in [2.05, 4.69) is 5.32 Å². The standard InChI is InChI=1S/C30H33N5O5/c1-32-20-28(37)34-26(16-21-8-12-24(36)13-9-21)29(38)33(18-23-10-14-25(40-2)15-11-23)19-27(34)35(32)30(39)31-17-22-6-4-3-5-7-22/h3-15,26-27,36H,16-20H2,1-2H3,(H,31,39)/t26-,27-/m0/s1. The number of fused-ring (bicyclic) bond motifs is 1. The molecule has 3 aromatic carbocycles. The molecule has 3 aromatic rings. The number of benzene rings is 3. The van der Waals surface area contributed by atoms with Crippen molar-refractivity contribution in [1.29, 1.82) is 0 Å². The number of hydrogen-bond donors (Lipinski definition) is 2. The molecule has 2 heterocycles. The Morgan fingerprint density at radius 1 is 0.950 bits per heavy atom. The summed E-state index contributed by atoms with van der Waals surface area (Å²) in [6.07, 6.45) is -0.441. The number of rotatable bonds is 7. The van der Waals surface area contributed by atoms with Crippen molar-refractivity contribution in [2.45, 2.75) is 31.7 Å². The molecule has 0 spiro atoms. The van der Waals surface area contributed by atoms with E-state index < -0.39 is 12.2 Å². The molecule has 2 fully saturated rings. The average Bonchev–Trinajstić information content (AvgIpc) is 2.96.